The van der Waals surface area contributed by atoms with Crippen molar-refractivity contribution in [2.75, 3.05) is 4.90 Å². The third kappa shape index (κ3) is 4.51. The molecule has 0 aliphatic heterocycles. The maximum atomic E-state index is 6.41. The van der Waals surface area contributed by atoms with Crippen molar-refractivity contribution in [3.63, 3.8) is 0 Å². The van der Waals surface area contributed by atoms with Gasteiger partial charge >= 0.3 is 0 Å². The van der Waals surface area contributed by atoms with Crippen LogP contribution in [0, 0.1) is 0 Å². The summed E-state index contributed by atoms with van der Waals surface area (Å²) in [5.41, 5.74) is 10.9. The topological polar surface area (TPSA) is 21.3 Å². The zero-order valence-electron chi connectivity index (χ0n) is 26.6. The van der Waals surface area contributed by atoms with Crippen molar-refractivity contribution in [1.29, 1.82) is 0 Å². The van der Waals surface area contributed by atoms with E-state index in [1.165, 1.54) is 38.2 Å². The second-order valence-corrected chi connectivity index (χ2v) is 12.6. The van der Waals surface area contributed by atoms with Crippen LogP contribution in [0.3, 0.4) is 0 Å². The average Bonchev–Trinajstić information content (AvgIpc) is 3.69. The van der Waals surface area contributed by atoms with Crippen molar-refractivity contribution in [3.05, 3.63) is 182 Å². The summed E-state index contributed by atoms with van der Waals surface area (Å²) in [6.07, 6.45) is 0. The van der Waals surface area contributed by atoms with E-state index in [0.29, 0.717) is 0 Å². The highest BCUT2D eigenvalue weighted by Crippen LogP contribution is 2.42. The normalized spacial score (nSPS) is 11.7. The van der Waals surface area contributed by atoms with Gasteiger partial charge in [-0.25, -0.2) is 0 Å². The molecule has 0 N–H and O–H groups in total. The van der Waals surface area contributed by atoms with Gasteiger partial charge in [-0.05, 0) is 94.7 Å². The molecule has 0 atom stereocenters. The molecule has 0 saturated carbocycles. The Labute approximate surface area is 283 Å². The minimum atomic E-state index is 0.882. The van der Waals surface area contributed by atoms with Crippen LogP contribution in [0.4, 0.5) is 17.1 Å². The van der Waals surface area contributed by atoms with E-state index in [0.717, 1.165) is 50.2 Å². The zero-order chi connectivity index (χ0) is 32.3. The summed E-state index contributed by atoms with van der Waals surface area (Å²) >= 11 is 0. The number of para-hydroxylation sites is 2. The van der Waals surface area contributed by atoms with Crippen molar-refractivity contribution in [2.45, 2.75) is 0 Å². The molecule has 2 aromatic heterocycles. The molecule has 3 nitrogen and oxygen atoms in total. The van der Waals surface area contributed by atoms with Crippen molar-refractivity contribution in [3.8, 4) is 16.8 Å². The Kier molecular flexibility index (Phi) is 6.18. The lowest BCUT2D eigenvalue weighted by Gasteiger charge is -2.26. The quantitative estimate of drug-likeness (QED) is 0.190. The lowest BCUT2D eigenvalue weighted by Crippen LogP contribution is -2.10. The molecule has 0 radical (unpaired) electrons. The van der Waals surface area contributed by atoms with Gasteiger partial charge < -0.3 is 13.9 Å². The second-order valence-electron chi connectivity index (χ2n) is 12.6. The minimum Gasteiger partial charge on any atom is -0.456 e. The van der Waals surface area contributed by atoms with Crippen molar-refractivity contribution < 1.29 is 4.42 Å². The van der Waals surface area contributed by atoms with E-state index in [4.69, 9.17) is 4.42 Å². The summed E-state index contributed by atoms with van der Waals surface area (Å²) in [5, 5.41) is 7.07. The molecule has 230 valence electrons. The summed E-state index contributed by atoms with van der Waals surface area (Å²) in [6.45, 7) is 0. The number of aromatic nitrogens is 1. The number of anilines is 3. The predicted octanol–water partition coefficient (Wildman–Crippen LogP) is 13.0. The molecule has 0 spiro atoms. The first-order valence-corrected chi connectivity index (χ1v) is 16.7. The van der Waals surface area contributed by atoms with Crippen LogP contribution in [0.2, 0.25) is 0 Å². The van der Waals surface area contributed by atoms with Crippen LogP contribution in [-0.2, 0) is 0 Å². The molecule has 49 heavy (non-hydrogen) atoms. The molecule has 2 heterocycles. The van der Waals surface area contributed by atoms with E-state index in [2.05, 4.69) is 191 Å². The van der Waals surface area contributed by atoms with E-state index >= 15 is 0 Å². The molecule has 0 bridgehead atoms. The molecule has 0 amide bonds. The maximum Gasteiger partial charge on any atom is 0.136 e. The Hall–Kier alpha value is -6.58. The molecule has 0 aliphatic rings. The Morgan fingerprint density at radius 3 is 1.78 bits per heavy atom. The van der Waals surface area contributed by atoms with Crippen molar-refractivity contribution in [1.82, 2.24) is 4.57 Å². The van der Waals surface area contributed by atoms with Gasteiger partial charge in [-0.1, -0.05) is 109 Å². The van der Waals surface area contributed by atoms with Gasteiger partial charge in [0.25, 0.3) is 0 Å². The van der Waals surface area contributed by atoms with Gasteiger partial charge in [-0.15, -0.1) is 0 Å². The smallest absolute Gasteiger partial charge is 0.136 e. The molecular weight excluding hydrogens is 597 g/mol. The third-order valence-corrected chi connectivity index (χ3v) is 9.74. The third-order valence-electron chi connectivity index (χ3n) is 9.74. The van der Waals surface area contributed by atoms with Gasteiger partial charge in [0.1, 0.15) is 11.2 Å². The average molecular weight is 627 g/mol. The maximum absolute atomic E-state index is 6.41. The van der Waals surface area contributed by atoms with Crippen molar-refractivity contribution in [2.24, 2.45) is 0 Å². The first-order valence-electron chi connectivity index (χ1n) is 16.7. The van der Waals surface area contributed by atoms with Gasteiger partial charge in [0.15, 0.2) is 0 Å². The molecule has 0 fully saturated rings. The van der Waals surface area contributed by atoms with Crippen LogP contribution in [0.15, 0.2) is 186 Å². The summed E-state index contributed by atoms with van der Waals surface area (Å²) in [5.74, 6) is 0. The summed E-state index contributed by atoms with van der Waals surface area (Å²) in [7, 11) is 0. The second kappa shape index (κ2) is 11.0. The number of hydrogen-bond donors (Lipinski definition) is 0. The highest BCUT2D eigenvalue weighted by Gasteiger charge is 2.19. The van der Waals surface area contributed by atoms with Gasteiger partial charge in [-0.2, -0.15) is 0 Å². The molecule has 10 rings (SSSR count). The largest absolute Gasteiger partial charge is 0.456 e. The van der Waals surface area contributed by atoms with Crippen LogP contribution in [0.5, 0.6) is 0 Å². The Morgan fingerprint density at radius 2 is 0.959 bits per heavy atom. The fraction of sp³-hybridized carbons (Fsp3) is 0. The Balaban J connectivity index is 1.20. The van der Waals surface area contributed by atoms with Crippen molar-refractivity contribution >= 4 is 71.6 Å². The zero-order valence-corrected chi connectivity index (χ0v) is 26.6. The summed E-state index contributed by atoms with van der Waals surface area (Å²) in [4.78, 5) is 2.36. The standard InChI is InChI=1S/C46H30N2O/c1-3-11-31(12-4-1)32-19-21-36(22-20-32)47(37-24-26-45-42(29-37)41-27-33-13-7-8-14-34(33)28-46(41)49-45)38-23-25-40-39-17-9-10-18-43(39)48(44(40)30-38)35-15-5-2-6-16-35/h1-30H. The Morgan fingerprint density at radius 1 is 0.367 bits per heavy atom. The molecule has 8 aromatic carbocycles. The SMILES string of the molecule is c1ccc(-c2ccc(N(c3ccc4oc5cc6ccccc6cc5c4c3)c3ccc4c5ccccc5n(-c5ccccc5)c4c3)cc2)cc1. The van der Waals surface area contributed by atoms with E-state index < -0.39 is 0 Å². The Bertz CT molecular complexity index is 2810. The molecule has 0 aliphatic carbocycles. The van der Waals surface area contributed by atoms with E-state index in [1.54, 1.807) is 0 Å². The number of fused-ring (bicyclic) bond motifs is 7. The first kappa shape index (κ1) is 27.5. The summed E-state index contributed by atoms with van der Waals surface area (Å²) < 4.78 is 8.78. The van der Waals surface area contributed by atoms with Gasteiger partial charge in [-0.3, -0.25) is 0 Å². The number of hydrogen-bond acceptors (Lipinski definition) is 2. The van der Waals surface area contributed by atoms with Crippen LogP contribution in [0.25, 0.3) is 71.3 Å². The number of furan rings is 1. The molecule has 3 heteroatoms. The van der Waals surface area contributed by atoms with Gasteiger partial charge in [0.2, 0.25) is 0 Å². The monoisotopic (exact) mass is 626 g/mol. The highest BCUT2D eigenvalue weighted by molar-refractivity contribution is 6.12. The fourth-order valence-electron chi connectivity index (χ4n) is 7.42. The van der Waals surface area contributed by atoms with E-state index in [-0.39, 0.29) is 0 Å². The molecule has 0 saturated heterocycles. The lowest BCUT2D eigenvalue weighted by atomic mass is 10.0. The number of nitrogens with zero attached hydrogens (tertiary/aromatic N) is 2. The van der Waals surface area contributed by atoms with Crippen LogP contribution in [0.1, 0.15) is 0 Å². The first-order chi connectivity index (χ1) is 24.3. The van der Waals surface area contributed by atoms with E-state index in [1.807, 2.05) is 0 Å². The minimum absolute atomic E-state index is 0.882. The van der Waals surface area contributed by atoms with Crippen LogP contribution < -0.4 is 4.90 Å². The summed E-state index contributed by atoms with van der Waals surface area (Å²) in [6, 6.07) is 65.0. The fourth-order valence-corrected chi connectivity index (χ4v) is 7.42. The molecular formula is C46H30N2O. The van der Waals surface area contributed by atoms with Crippen LogP contribution in [-0.4, -0.2) is 4.57 Å². The lowest BCUT2D eigenvalue weighted by molar-refractivity contribution is 0.669. The number of benzene rings is 8. The number of rotatable bonds is 5. The highest BCUT2D eigenvalue weighted by atomic mass is 16.3. The van der Waals surface area contributed by atoms with E-state index in [9.17, 15) is 0 Å². The van der Waals surface area contributed by atoms with Crippen LogP contribution >= 0.6 is 0 Å². The predicted molar refractivity (Wildman–Crippen MR) is 206 cm³/mol. The van der Waals surface area contributed by atoms with Gasteiger partial charge in [0.05, 0.1) is 11.0 Å². The molecule has 10 aromatic rings. The molecule has 0 unspecified atom stereocenters. The van der Waals surface area contributed by atoms with Gasteiger partial charge in [0, 0.05) is 44.3 Å².